The van der Waals surface area contributed by atoms with Crippen LogP contribution >= 0.6 is 27.3 Å². The Balaban J connectivity index is 1.99. The van der Waals surface area contributed by atoms with Crippen LogP contribution < -0.4 is 4.90 Å². The number of aromatic nitrogens is 1. The average molecular weight is 482 g/mol. The van der Waals surface area contributed by atoms with Gasteiger partial charge in [0.2, 0.25) is 10.0 Å². The lowest BCUT2D eigenvalue weighted by molar-refractivity contribution is 0.0992. The van der Waals surface area contributed by atoms with Crippen LogP contribution in [-0.4, -0.2) is 43.8 Å². The van der Waals surface area contributed by atoms with Gasteiger partial charge in [-0.1, -0.05) is 37.3 Å². The Labute approximate surface area is 177 Å². The Morgan fingerprint density at radius 3 is 2.46 bits per heavy atom. The molecule has 0 aliphatic rings. The summed E-state index contributed by atoms with van der Waals surface area (Å²) in [5.41, 5.74) is 1.09. The van der Waals surface area contributed by atoms with Crippen molar-refractivity contribution in [1.29, 1.82) is 0 Å². The number of para-hydroxylation sites is 1. The molecule has 9 heteroatoms. The van der Waals surface area contributed by atoms with Crippen molar-refractivity contribution in [3.63, 3.8) is 0 Å². The molecule has 0 aliphatic heterocycles. The monoisotopic (exact) mass is 481 g/mol. The Morgan fingerprint density at radius 2 is 1.82 bits per heavy atom. The number of carbonyl (C=O) groups is 1. The third-order valence-corrected chi connectivity index (χ3v) is 8.24. The van der Waals surface area contributed by atoms with Crippen LogP contribution in [0.3, 0.4) is 0 Å². The highest BCUT2D eigenvalue weighted by Crippen LogP contribution is 2.30. The Bertz CT molecular complexity index is 1090. The molecule has 0 atom stereocenters. The summed E-state index contributed by atoms with van der Waals surface area (Å²) < 4.78 is 28.5. The van der Waals surface area contributed by atoms with Crippen molar-refractivity contribution in [1.82, 2.24) is 9.29 Å². The van der Waals surface area contributed by atoms with Crippen LogP contribution in [0, 0.1) is 0 Å². The molecule has 3 rings (SSSR count). The lowest BCUT2D eigenvalue weighted by Gasteiger charge is -2.20. The molecular formula is C19H20BrN3O3S2. The van der Waals surface area contributed by atoms with Crippen molar-refractivity contribution in [3.8, 4) is 0 Å². The molecule has 1 heterocycles. The number of rotatable bonds is 6. The topological polar surface area (TPSA) is 70.6 Å². The van der Waals surface area contributed by atoms with Crippen LogP contribution in [0.1, 0.15) is 24.2 Å². The average Bonchev–Trinajstić information content (AvgIpc) is 3.12. The van der Waals surface area contributed by atoms with E-state index in [2.05, 4.69) is 20.9 Å². The van der Waals surface area contributed by atoms with Gasteiger partial charge in [-0.15, -0.1) is 0 Å². The highest BCUT2D eigenvalue weighted by molar-refractivity contribution is 9.10. The van der Waals surface area contributed by atoms with Gasteiger partial charge in [0.15, 0.2) is 5.13 Å². The maximum absolute atomic E-state index is 13.1. The summed E-state index contributed by atoms with van der Waals surface area (Å²) in [5.74, 6) is -0.331. The van der Waals surface area contributed by atoms with Crippen molar-refractivity contribution in [2.75, 3.05) is 25.0 Å². The number of hydrogen-bond acceptors (Lipinski definition) is 5. The number of fused-ring (bicyclic) bond motifs is 1. The van der Waals surface area contributed by atoms with Crippen LogP contribution in [-0.2, 0) is 10.0 Å². The van der Waals surface area contributed by atoms with Crippen LogP contribution in [0.4, 0.5) is 5.13 Å². The van der Waals surface area contributed by atoms with E-state index in [0.29, 0.717) is 22.7 Å². The van der Waals surface area contributed by atoms with Gasteiger partial charge in [-0.25, -0.2) is 13.4 Å². The molecule has 2 aromatic carbocycles. The fraction of sp³-hybridized carbons (Fsp3) is 0.263. The van der Waals surface area contributed by atoms with Gasteiger partial charge in [-0.3, -0.25) is 9.69 Å². The summed E-state index contributed by atoms with van der Waals surface area (Å²) in [7, 11) is -2.02. The van der Waals surface area contributed by atoms with E-state index in [1.807, 2.05) is 24.3 Å². The van der Waals surface area contributed by atoms with Crippen LogP contribution in [0.15, 0.2) is 51.8 Å². The minimum Gasteiger partial charge on any atom is -0.287 e. The zero-order valence-corrected chi connectivity index (χ0v) is 18.9. The molecule has 28 heavy (non-hydrogen) atoms. The number of benzene rings is 2. The van der Waals surface area contributed by atoms with Gasteiger partial charge in [0.25, 0.3) is 5.91 Å². The minimum absolute atomic E-state index is 0.0976. The van der Waals surface area contributed by atoms with Crippen molar-refractivity contribution in [2.45, 2.75) is 18.7 Å². The summed E-state index contributed by atoms with van der Waals surface area (Å²) in [6.07, 6.45) is 0. The van der Waals surface area contributed by atoms with Crippen molar-refractivity contribution in [2.24, 2.45) is 0 Å². The lowest BCUT2D eigenvalue weighted by Crippen LogP contribution is -2.31. The lowest BCUT2D eigenvalue weighted by atomic mass is 10.2. The van der Waals surface area contributed by atoms with Gasteiger partial charge < -0.3 is 0 Å². The van der Waals surface area contributed by atoms with Crippen molar-refractivity contribution >= 4 is 58.5 Å². The molecule has 0 spiro atoms. The van der Waals surface area contributed by atoms with Crippen LogP contribution in [0.5, 0.6) is 0 Å². The maximum Gasteiger partial charge on any atom is 0.260 e. The zero-order valence-electron chi connectivity index (χ0n) is 15.7. The fourth-order valence-electron chi connectivity index (χ4n) is 2.81. The first-order chi connectivity index (χ1) is 13.3. The van der Waals surface area contributed by atoms with Gasteiger partial charge >= 0.3 is 0 Å². The SMILES string of the molecule is CCN(CC)S(=O)(=O)c1ccc(Br)c(C(=O)N(C)c2nc3ccccc3s2)c1. The standard InChI is InChI=1S/C19H20BrN3O3S2/c1-4-23(5-2)28(25,26)13-10-11-15(20)14(12-13)18(24)22(3)19-21-16-8-6-7-9-17(16)27-19/h6-12H,4-5H2,1-3H3. The quantitative estimate of drug-likeness (QED) is 0.524. The number of anilines is 1. The van der Waals surface area contributed by atoms with E-state index in [4.69, 9.17) is 0 Å². The molecule has 0 bridgehead atoms. The smallest absolute Gasteiger partial charge is 0.260 e. The highest BCUT2D eigenvalue weighted by atomic mass is 79.9. The van der Waals surface area contributed by atoms with E-state index in [0.717, 1.165) is 10.2 Å². The van der Waals surface area contributed by atoms with E-state index in [1.165, 1.54) is 32.7 Å². The third-order valence-electron chi connectivity index (χ3n) is 4.39. The highest BCUT2D eigenvalue weighted by Gasteiger charge is 2.25. The molecule has 0 fully saturated rings. The van der Waals surface area contributed by atoms with E-state index in [9.17, 15) is 13.2 Å². The molecule has 0 N–H and O–H groups in total. The third kappa shape index (κ3) is 3.84. The van der Waals surface area contributed by atoms with Crippen molar-refractivity contribution in [3.05, 3.63) is 52.5 Å². The number of hydrogen-bond donors (Lipinski definition) is 0. The fourth-order valence-corrected chi connectivity index (χ4v) is 5.64. The molecule has 6 nitrogen and oxygen atoms in total. The molecule has 148 valence electrons. The van der Waals surface area contributed by atoms with Crippen LogP contribution in [0.25, 0.3) is 10.2 Å². The van der Waals surface area contributed by atoms with E-state index < -0.39 is 10.0 Å². The first kappa shape index (κ1) is 20.9. The van der Waals surface area contributed by atoms with Gasteiger partial charge in [0.05, 0.1) is 20.7 Å². The Morgan fingerprint density at radius 1 is 1.14 bits per heavy atom. The Kier molecular flexibility index (Phi) is 6.18. The summed E-state index contributed by atoms with van der Waals surface area (Å²) in [6, 6.07) is 12.2. The first-order valence-electron chi connectivity index (χ1n) is 8.73. The van der Waals surface area contributed by atoms with E-state index in [1.54, 1.807) is 27.0 Å². The number of thiazole rings is 1. The summed E-state index contributed by atoms with van der Waals surface area (Å²) in [4.78, 5) is 19.1. The van der Waals surface area contributed by atoms with Crippen molar-refractivity contribution < 1.29 is 13.2 Å². The largest absolute Gasteiger partial charge is 0.287 e. The molecule has 0 saturated carbocycles. The number of nitrogens with zero attached hydrogens (tertiary/aromatic N) is 3. The predicted octanol–water partition coefficient (Wildman–Crippen LogP) is 4.37. The molecule has 0 radical (unpaired) electrons. The van der Waals surface area contributed by atoms with Gasteiger partial charge in [-0.2, -0.15) is 4.31 Å². The molecule has 0 unspecified atom stereocenters. The number of sulfonamides is 1. The second-order valence-corrected chi connectivity index (χ2v) is 9.86. The normalized spacial score (nSPS) is 11.9. The molecule has 1 aromatic heterocycles. The van der Waals surface area contributed by atoms with Gasteiger partial charge in [-0.05, 0) is 46.3 Å². The first-order valence-corrected chi connectivity index (χ1v) is 11.8. The molecule has 0 saturated heterocycles. The minimum atomic E-state index is -3.66. The van der Waals surface area contributed by atoms with Gasteiger partial charge in [0, 0.05) is 24.6 Å². The predicted molar refractivity (Wildman–Crippen MR) is 117 cm³/mol. The van der Waals surface area contributed by atoms with E-state index in [-0.39, 0.29) is 16.4 Å². The second-order valence-electron chi connectivity index (χ2n) is 6.06. The molecule has 3 aromatic rings. The molecule has 1 amide bonds. The zero-order chi connectivity index (χ0) is 20.5. The summed E-state index contributed by atoms with van der Waals surface area (Å²) in [6.45, 7) is 4.30. The number of amides is 1. The van der Waals surface area contributed by atoms with Gasteiger partial charge in [0.1, 0.15) is 0 Å². The summed E-state index contributed by atoms with van der Waals surface area (Å²) in [5, 5.41) is 0.551. The van der Waals surface area contributed by atoms with E-state index >= 15 is 0 Å². The second kappa shape index (κ2) is 8.28. The number of halogens is 1. The van der Waals surface area contributed by atoms with Crippen LogP contribution in [0.2, 0.25) is 0 Å². The maximum atomic E-state index is 13.1. The molecule has 0 aliphatic carbocycles. The summed E-state index contributed by atoms with van der Waals surface area (Å²) >= 11 is 4.78. The Hall–Kier alpha value is -1.81. The molecular weight excluding hydrogens is 462 g/mol. The number of carbonyl (C=O) groups excluding carboxylic acids is 1.